The van der Waals surface area contributed by atoms with Gasteiger partial charge in [-0.2, -0.15) is 0 Å². The van der Waals surface area contributed by atoms with Gasteiger partial charge in [-0.3, -0.25) is 37.3 Å². The first-order chi connectivity index (χ1) is 39.6. The van der Waals surface area contributed by atoms with Gasteiger partial charge in [0.2, 0.25) is 0 Å². The Bertz CT molecular complexity index is 1600. The number of hydrogen-bond acceptors (Lipinski definition) is 15. The van der Waals surface area contributed by atoms with Gasteiger partial charge in [-0.15, -0.1) is 0 Å². The molecule has 0 aliphatic heterocycles. The first kappa shape index (κ1) is 80.1. The number of aliphatic hydroxyl groups excluding tert-OH is 1. The predicted molar refractivity (Wildman–Crippen MR) is 326 cm³/mol. The zero-order valence-electron chi connectivity index (χ0n) is 52.6. The molecule has 0 fully saturated rings. The van der Waals surface area contributed by atoms with Crippen LogP contribution in [0.15, 0.2) is 0 Å². The summed E-state index contributed by atoms with van der Waals surface area (Å²) in [4.78, 5) is 71.9. The Morgan fingerprint density at radius 3 is 0.866 bits per heavy atom. The van der Waals surface area contributed by atoms with Gasteiger partial charge in [-0.1, -0.05) is 266 Å². The average molecular weight is 1210 g/mol. The van der Waals surface area contributed by atoms with Crippen molar-refractivity contribution < 1.29 is 80.2 Å². The number of hydrogen-bond donors (Lipinski definition) is 3. The van der Waals surface area contributed by atoms with Crippen molar-refractivity contribution in [3.63, 3.8) is 0 Å². The van der Waals surface area contributed by atoms with Crippen LogP contribution in [0.2, 0.25) is 0 Å². The van der Waals surface area contributed by atoms with Crippen LogP contribution in [-0.2, 0) is 65.4 Å². The summed E-state index contributed by atoms with van der Waals surface area (Å²) in [7, 11) is -9.87. The lowest BCUT2D eigenvalue weighted by Crippen LogP contribution is -2.30. The van der Waals surface area contributed by atoms with E-state index in [9.17, 15) is 43.2 Å². The van der Waals surface area contributed by atoms with Crippen molar-refractivity contribution in [1.82, 2.24) is 0 Å². The zero-order chi connectivity index (χ0) is 60.6. The molecule has 0 aromatic rings. The van der Waals surface area contributed by atoms with Crippen LogP contribution in [0.3, 0.4) is 0 Å². The lowest BCUT2D eigenvalue weighted by atomic mass is 10.00. The van der Waals surface area contributed by atoms with E-state index in [1.807, 2.05) is 0 Å². The van der Waals surface area contributed by atoms with Gasteiger partial charge in [0.05, 0.1) is 26.4 Å². The van der Waals surface area contributed by atoms with Crippen molar-refractivity contribution >= 4 is 39.5 Å². The molecule has 82 heavy (non-hydrogen) atoms. The zero-order valence-corrected chi connectivity index (χ0v) is 54.4. The molecule has 0 aromatic heterocycles. The third kappa shape index (κ3) is 55.9. The molecule has 0 radical (unpaired) electrons. The molecule has 0 saturated heterocycles. The molecule has 0 heterocycles. The van der Waals surface area contributed by atoms with Gasteiger partial charge in [0.15, 0.2) is 12.2 Å². The second-order valence-electron chi connectivity index (χ2n) is 23.0. The molecule has 0 aromatic carbocycles. The van der Waals surface area contributed by atoms with Crippen LogP contribution in [0.4, 0.5) is 0 Å². The summed E-state index contributed by atoms with van der Waals surface area (Å²) < 4.78 is 67.7. The van der Waals surface area contributed by atoms with E-state index in [1.165, 1.54) is 128 Å². The molecule has 0 aliphatic carbocycles. The van der Waals surface area contributed by atoms with Gasteiger partial charge < -0.3 is 33.8 Å². The van der Waals surface area contributed by atoms with Crippen molar-refractivity contribution in [3.8, 4) is 0 Å². The second-order valence-corrected chi connectivity index (χ2v) is 25.9. The van der Waals surface area contributed by atoms with Crippen LogP contribution in [0.1, 0.15) is 317 Å². The van der Waals surface area contributed by atoms with E-state index in [2.05, 4.69) is 34.6 Å². The number of carbonyl (C=O) groups is 4. The largest absolute Gasteiger partial charge is 0.472 e. The van der Waals surface area contributed by atoms with Crippen molar-refractivity contribution in [1.29, 1.82) is 0 Å². The first-order valence-corrected chi connectivity index (χ1v) is 36.2. The molecule has 3 unspecified atom stereocenters. The van der Waals surface area contributed by atoms with Crippen LogP contribution in [0, 0.1) is 5.92 Å². The molecule has 3 N–H and O–H groups in total. The highest BCUT2D eigenvalue weighted by Crippen LogP contribution is 2.45. The topological polar surface area (TPSA) is 237 Å². The van der Waals surface area contributed by atoms with Crippen LogP contribution >= 0.6 is 15.6 Å². The van der Waals surface area contributed by atoms with Crippen molar-refractivity contribution in [2.24, 2.45) is 5.92 Å². The van der Waals surface area contributed by atoms with E-state index in [0.29, 0.717) is 25.7 Å². The molecule has 0 spiro atoms. The number of rotatable bonds is 63. The van der Waals surface area contributed by atoms with Gasteiger partial charge >= 0.3 is 39.5 Å². The summed E-state index contributed by atoms with van der Waals surface area (Å²) in [5, 5.41) is 10.5. The average Bonchev–Trinajstić information content (AvgIpc) is 3.45. The molecule has 0 aliphatic rings. The molecule has 6 atom stereocenters. The van der Waals surface area contributed by atoms with Crippen LogP contribution in [0.25, 0.3) is 0 Å². The Morgan fingerprint density at radius 2 is 0.585 bits per heavy atom. The number of esters is 4. The first-order valence-electron chi connectivity index (χ1n) is 33.2. The number of unbranched alkanes of at least 4 members (excludes halogenated alkanes) is 34. The van der Waals surface area contributed by atoms with Crippen LogP contribution in [-0.4, -0.2) is 96.7 Å². The normalized spacial score (nSPS) is 14.6. The van der Waals surface area contributed by atoms with Crippen LogP contribution in [0.5, 0.6) is 0 Å². The number of phosphoric acid groups is 2. The Kier molecular flexibility index (Phi) is 55.5. The standard InChI is InChI=1S/C63H122O17P2/c1-6-10-13-16-18-20-22-23-24-25-26-27-28-30-32-39-44-49-63(68)80-59(53-74-61(66)47-42-37-34-33-36-40-45-56(5)9-4)55-78-82(71,72)76-51-57(64)50-75-81(69,70)77-54-58(52-73-60(65)46-41-35-15-12-8-3)79-62(67)48-43-38-31-29-21-19-17-14-11-7-2/h56-59,64H,6-55H2,1-5H3,(H,69,70)(H,71,72)/t56?,57-,58+,59+/m0/s1. The summed E-state index contributed by atoms with van der Waals surface area (Å²) in [6, 6.07) is 0. The highest BCUT2D eigenvalue weighted by molar-refractivity contribution is 7.47. The van der Waals surface area contributed by atoms with Gasteiger partial charge in [0.1, 0.15) is 19.3 Å². The summed E-state index contributed by atoms with van der Waals surface area (Å²) in [6.07, 6.45) is 40.7. The highest BCUT2D eigenvalue weighted by Gasteiger charge is 2.30. The number of phosphoric ester groups is 2. The van der Waals surface area contributed by atoms with Crippen LogP contribution < -0.4 is 0 Å². The van der Waals surface area contributed by atoms with Gasteiger partial charge in [-0.25, -0.2) is 9.13 Å². The van der Waals surface area contributed by atoms with Crippen molar-refractivity contribution in [2.45, 2.75) is 335 Å². The van der Waals surface area contributed by atoms with Gasteiger partial charge in [0.25, 0.3) is 0 Å². The second kappa shape index (κ2) is 56.8. The fraction of sp³-hybridized carbons (Fsp3) is 0.937. The molecule has 17 nitrogen and oxygen atoms in total. The SMILES string of the molecule is CCCCCCCCCCCCCCCCCCCC(=O)O[C@H](COC(=O)CCCCCCCCC(C)CC)COP(=O)(O)OC[C@@H](O)COP(=O)(O)OC[C@@H](COC(=O)CCCCCCC)OC(=O)CCCCCCCCCCCC. The monoisotopic (exact) mass is 1210 g/mol. The maximum absolute atomic E-state index is 13.0. The van der Waals surface area contributed by atoms with E-state index in [-0.39, 0.29) is 25.7 Å². The smallest absolute Gasteiger partial charge is 0.462 e. The lowest BCUT2D eigenvalue weighted by Gasteiger charge is -2.21. The van der Waals surface area contributed by atoms with E-state index < -0.39 is 97.5 Å². The summed E-state index contributed by atoms with van der Waals surface area (Å²) in [5.74, 6) is -1.41. The third-order valence-electron chi connectivity index (χ3n) is 14.9. The quantitative estimate of drug-likeness (QED) is 0.0222. The molecular formula is C63H122O17P2. The molecule has 0 rings (SSSR count). The Balaban J connectivity index is 5.14. The fourth-order valence-corrected chi connectivity index (χ4v) is 11.0. The molecule has 486 valence electrons. The molecule has 0 saturated carbocycles. The van der Waals surface area contributed by atoms with E-state index in [1.54, 1.807) is 0 Å². The molecule has 0 bridgehead atoms. The maximum atomic E-state index is 13.0. The molecule has 0 amide bonds. The number of carbonyl (C=O) groups excluding carboxylic acids is 4. The minimum absolute atomic E-state index is 0.105. The minimum atomic E-state index is -4.94. The Morgan fingerprint density at radius 1 is 0.341 bits per heavy atom. The van der Waals surface area contributed by atoms with Crippen molar-refractivity contribution in [2.75, 3.05) is 39.6 Å². The molecule has 19 heteroatoms. The number of aliphatic hydroxyl groups is 1. The summed E-state index contributed by atoms with van der Waals surface area (Å²) >= 11 is 0. The fourth-order valence-electron chi connectivity index (χ4n) is 9.37. The van der Waals surface area contributed by atoms with E-state index >= 15 is 0 Å². The van der Waals surface area contributed by atoms with Gasteiger partial charge in [0, 0.05) is 25.7 Å². The number of ether oxygens (including phenoxy) is 4. The minimum Gasteiger partial charge on any atom is -0.462 e. The van der Waals surface area contributed by atoms with E-state index in [0.717, 1.165) is 109 Å². The third-order valence-corrected chi connectivity index (χ3v) is 16.8. The predicted octanol–water partition coefficient (Wildman–Crippen LogP) is 17.4. The summed E-state index contributed by atoms with van der Waals surface area (Å²) in [5.41, 5.74) is 0. The van der Waals surface area contributed by atoms with Gasteiger partial charge in [-0.05, 0) is 31.6 Å². The molecular weight excluding hydrogens is 1090 g/mol. The lowest BCUT2D eigenvalue weighted by molar-refractivity contribution is -0.161. The highest BCUT2D eigenvalue weighted by atomic mass is 31.2. The summed E-state index contributed by atoms with van der Waals surface area (Å²) in [6.45, 7) is 7.06. The Labute approximate surface area is 498 Å². The van der Waals surface area contributed by atoms with E-state index in [4.69, 9.17) is 37.0 Å². The maximum Gasteiger partial charge on any atom is 0.472 e. The Hall–Kier alpha value is -1.94. The van der Waals surface area contributed by atoms with Crippen molar-refractivity contribution in [3.05, 3.63) is 0 Å².